The van der Waals surface area contributed by atoms with Crippen LogP contribution in [0.4, 0.5) is 0 Å². The molecule has 2 heterocycles. The lowest BCUT2D eigenvalue weighted by Crippen LogP contribution is -2.50. The molecule has 24 heavy (non-hydrogen) atoms. The van der Waals surface area contributed by atoms with Crippen LogP contribution in [0.5, 0.6) is 0 Å². The van der Waals surface area contributed by atoms with Gasteiger partial charge in [-0.05, 0) is 37.3 Å². The molecule has 2 atom stereocenters. The normalized spacial score (nSPS) is 21.9. The smallest absolute Gasteiger partial charge is 0.254 e. The minimum atomic E-state index is -0.196. The van der Waals surface area contributed by atoms with Crippen LogP contribution in [0.2, 0.25) is 0 Å². The lowest BCUT2D eigenvalue weighted by molar-refractivity contribution is 0.0520. The molecular weight excluding hydrogens is 302 g/mol. The summed E-state index contributed by atoms with van der Waals surface area (Å²) in [4.78, 5) is 31.9. The summed E-state index contributed by atoms with van der Waals surface area (Å²) in [6.07, 6.45) is 1.75. The number of carbonyl (C=O) groups is 1. The van der Waals surface area contributed by atoms with E-state index in [4.69, 9.17) is 0 Å². The van der Waals surface area contributed by atoms with Crippen molar-refractivity contribution in [1.29, 1.82) is 0 Å². The number of aromatic amines is 1. The van der Waals surface area contributed by atoms with E-state index in [1.165, 1.54) is 6.07 Å². The minimum absolute atomic E-state index is 0.0482. The molecule has 5 heteroatoms. The first-order valence-electron chi connectivity index (χ1n) is 9.04. The van der Waals surface area contributed by atoms with Crippen LogP contribution in [0.15, 0.2) is 16.9 Å². The Bertz CT molecular complexity index is 623. The number of nitrogens with zero attached hydrogens (tertiary/aromatic N) is 2. The predicted molar refractivity (Wildman–Crippen MR) is 97.4 cm³/mol. The van der Waals surface area contributed by atoms with Crippen LogP contribution in [0.3, 0.4) is 0 Å². The van der Waals surface area contributed by atoms with Gasteiger partial charge < -0.3 is 14.8 Å². The van der Waals surface area contributed by atoms with Crippen molar-refractivity contribution < 1.29 is 4.79 Å². The number of aromatic nitrogens is 1. The zero-order chi connectivity index (χ0) is 17.9. The van der Waals surface area contributed by atoms with Gasteiger partial charge in [0.05, 0.1) is 0 Å². The fraction of sp³-hybridized carbons (Fsp3) is 0.684. The third-order valence-corrected chi connectivity index (χ3v) is 4.98. The first-order chi connectivity index (χ1) is 11.3. The van der Waals surface area contributed by atoms with E-state index in [2.05, 4.69) is 37.6 Å². The second kappa shape index (κ2) is 7.97. The Balaban J connectivity index is 2.16. The molecule has 2 rings (SSSR count). The second-order valence-electron chi connectivity index (χ2n) is 7.50. The van der Waals surface area contributed by atoms with Crippen molar-refractivity contribution in [2.24, 2.45) is 11.8 Å². The van der Waals surface area contributed by atoms with Crippen molar-refractivity contribution in [3.8, 4) is 0 Å². The van der Waals surface area contributed by atoms with Gasteiger partial charge in [0, 0.05) is 43.5 Å². The molecule has 0 aromatic carbocycles. The van der Waals surface area contributed by atoms with Crippen LogP contribution in [0.25, 0.3) is 0 Å². The number of hydrogen-bond acceptors (Lipinski definition) is 3. The van der Waals surface area contributed by atoms with Gasteiger partial charge in [0.2, 0.25) is 5.56 Å². The van der Waals surface area contributed by atoms with Gasteiger partial charge >= 0.3 is 0 Å². The van der Waals surface area contributed by atoms with Gasteiger partial charge in [-0.15, -0.1) is 0 Å². The zero-order valence-corrected chi connectivity index (χ0v) is 15.6. The first-order valence-corrected chi connectivity index (χ1v) is 9.04. The van der Waals surface area contributed by atoms with Crippen molar-refractivity contribution in [2.75, 3.05) is 26.7 Å². The second-order valence-corrected chi connectivity index (χ2v) is 7.50. The third-order valence-electron chi connectivity index (χ3n) is 4.98. The molecule has 0 radical (unpaired) electrons. The summed E-state index contributed by atoms with van der Waals surface area (Å²) >= 11 is 0. The Morgan fingerprint density at radius 3 is 2.71 bits per heavy atom. The van der Waals surface area contributed by atoms with Gasteiger partial charge in [-0.3, -0.25) is 9.59 Å². The van der Waals surface area contributed by atoms with Gasteiger partial charge in [-0.25, -0.2) is 0 Å². The van der Waals surface area contributed by atoms with Crippen LogP contribution < -0.4 is 5.56 Å². The van der Waals surface area contributed by atoms with Gasteiger partial charge in [-0.2, -0.15) is 0 Å². The summed E-state index contributed by atoms with van der Waals surface area (Å²) in [6.45, 7) is 11.7. The highest BCUT2D eigenvalue weighted by atomic mass is 16.2. The van der Waals surface area contributed by atoms with E-state index < -0.39 is 0 Å². The topological polar surface area (TPSA) is 56.4 Å². The average Bonchev–Trinajstić information content (AvgIpc) is 2.52. The number of piperidine rings is 1. The average molecular weight is 333 g/mol. The van der Waals surface area contributed by atoms with Crippen molar-refractivity contribution in [1.82, 2.24) is 14.8 Å². The summed E-state index contributed by atoms with van der Waals surface area (Å²) in [6, 6.07) is 3.49. The highest BCUT2D eigenvalue weighted by molar-refractivity contribution is 5.94. The highest BCUT2D eigenvalue weighted by Gasteiger charge is 2.31. The van der Waals surface area contributed by atoms with Crippen LogP contribution in [0.1, 0.15) is 50.2 Å². The van der Waals surface area contributed by atoms with E-state index in [0.717, 1.165) is 38.2 Å². The quantitative estimate of drug-likeness (QED) is 0.900. The monoisotopic (exact) mass is 333 g/mol. The molecule has 0 bridgehead atoms. The maximum atomic E-state index is 12.9. The van der Waals surface area contributed by atoms with Gasteiger partial charge in [0.25, 0.3) is 5.91 Å². The Hall–Kier alpha value is -1.62. The molecule has 1 amide bonds. The maximum Gasteiger partial charge on any atom is 0.254 e. The first kappa shape index (κ1) is 18.7. The number of pyridine rings is 1. The van der Waals surface area contributed by atoms with Gasteiger partial charge in [-0.1, -0.05) is 27.7 Å². The SMILES string of the molecule is CCN1CCC(N(C)C(=O)c2cc(CC(C)C)[nH]c(=O)c2)C(C)C1. The van der Waals surface area contributed by atoms with Crippen molar-refractivity contribution in [3.63, 3.8) is 0 Å². The molecule has 0 spiro atoms. The molecule has 2 unspecified atom stereocenters. The number of amides is 1. The molecule has 1 fully saturated rings. The fourth-order valence-electron chi connectivity index (χ4n) is 3.71. The summed E-state index contributed by atoms with van der Waals surface area (Å²) in [7, 11) is 1.87. The summed E-state index contributed by atoms with van der Waals surface area (Å²) in [5, 5.41) is 0. The third kappa shape index (κ3) is 4.47. The number of nitrogens with one attached hydrogen (secondary N) is 1. The van der Waals surface area contributed by atoms with Gasteiger partial charge in [0.15, 0.2) is 0 Å². The molecule has 1 aliphatic rings. The Kier molecular flexibility index (Phi) is 6.21. The lowest BCUT2D eigenvalue weighted by Gasteiger charge is -2.41. The number of likely N-dealkylation sites (tertiary alicyclic amines) is 1. The Morgan fingerprint density at radius 2 is 2.12 bits per heavy atom. The highest BCUT2D eigenvalue weighted by Crippen LogP contribution is 2.22. The number of hydrogen-bond donors (Lipinski definition) is 1. The maximum absolute atomic E-state index is 12.9. The molecule has 1 aromatic rings. The van der Waals surface area contributed by atoms with E-state index in [1.807, 2.05) is 18.0 Å². The standard InChI is InChI=1S/C19H31N3O2/c1-6-22-8-7-17(14(4)12-22)21(5)19(24)15-10-16(9-13(2)3)20-18(23)11-15/h10-11,13-14,17H,6-9,12H2,1-5H3,(H,20,23). The van der Waals surface area contributed by atoms with E-state index in [1.54, 1.807) is 0 Å². The lowest BCUT2D eigenvalue weighted by atomic mass is 9.92. The zero-order valence-electron chi connectivity index (χ0n) is 15.6. The van der Waals surface area contributed by atoms with E-state index in [0.29, 0.717) is 17.4 Å². The molecular formula is C19H31N3O2. The molecule has 1 N–H and O–H groups in total. The number of carbonyl (C=O) groups excluding carboxylic acids is 1. The van der Waals surface area contributed by atoms with Crippen molar-refractivity contribution >= 4 is 5.91 Å². The van der Waals surface area contributed by atoms with Gasteiger partial charge in [0.1, 0.15) is 0 Å². The van der Waals surface area contributed by atoms with E-state index in [-0.39, 0.29) is 17.5 Å². The fourth-order valence-corrected chi connectivity index (χ4v) is 3.71. The largest absolute Gasteiger partial charge is 0.338 e. The summed E-state index contributed by atoms with van der Waals surface area (Å²) in [5.74, 6) is 0.819. The van der Waals surface area contributed by atoms with Crippen molar-refractivity contribution in [3.05, 3.63) is 33.7 Å². The predicted octanol–water partition coefficient (Wildman–Crippen LogP) is 2.38. The minimum Gasteiger partial charge on any atom is -0.338 e. The molecule has 0 saturated carbocycles. The molecule has 1 aliphatic heterocycles. The van der Waals surface area contributed by atoms with Crippen LogP contribution in [0, 0.1) is 11.8 Å². The van der Waals surface area contributed by atoms with E-state index in [9.17, 15) is 9.59 Å². The summed E-state index contributed by atoms with van der Waals surface area (Å²) < 4.78 is 0. The molecule has 0 aliphatic carbocycles. The van der Waals surface area contributed by atoms with Crippen molar-refractivity contribution in [2.45, 2.75) is 46.6 Å². The Labute approximate surface area is 145 Å². The van der Waals surface area contributed by atoms with E-state index >= 15 is 0 Å². The van der Waals surface area contributed by atoms with Crippen LogP contribution >= 0.6 is 0 Å². The van der Waals surface area contributed by atoms with Crippen LogP contribution in [-0.2, 0) is 6.42 Å². The molecule has 134 valence electrons. The van der Waals surface area contributed by atoms with Crippen LogP contribution in [-0.4, -0.2) is 53.4 Å². The Morgan fingerprint density at radius 1 is 1.42 bits per heavy atom. The number of H-pyrrole nitrogens is 1. The molecule has 1 aromatic heterocycles. The molecule has 1 saturated heterocycles. The molecule has 5 nitrogen and oxygen atoms in total. The summed E-state index contributed by atoms with van der Waals surface area (Å²) in [5.41, 5.74) is 1.14. The number of rotatable bonds is 5.